The van der Waals surface area contributed by atoms with Crippen molar-refractivity contribution in [2.75, 3.05) is 10.6 Å². The first-order valence-electron chi connectivity index (χ1n) is 9.57. The molecule has 0 aliphatic carbocycles. The highest BCUT2D eigenvalue weighted by Crippen LogP contribution is 2.18. The minimum Gasteiger partial charge on any atom is -0.456 e. The molecule has 0 heterocycles. The Hall–Kier alpha value is -3.35. The van der Waals surface area contributed by atoms with Gasteiger partial charge in [-0.05, 0) is 77.9 Å². The highest BCUT2D eigenvalue weighted by Gasteiger charge is 2.19. The van der Waals surface area contributed by atoms with Crippen LogP contribution in [0.1, 0.15) is 62.3 Å². The standard InChI is InChI=1S/C23H28N2O5/c1-22(2,3)29-19(26)15-9-7-11-17(13-15)24-21(28)25-18-12-8-10-16(14-18)20(27)30-23(4,5)6/h7-14H,1-6H3,(H2,24,25,28). The van der Waals surface area contributed by atoms with Gasteiger partial charge in [0.05, 0.1) is 11.1 Å². The highest BCUT2D eigenvalue weighted by molar-refractivity contribution is 6.01. The summed E-state index contributed by atoms with van der Waals surface area (Å²) in [6.07, 6.45) is 0. The van der Waals surface area contributed by atoms with Crippen molar-refractivity contribution in [2.24, 2.45) is 0 Å². The number of amides is 2. The van der Waals surface area contributed by atoms with Crippen LogP contribution in [-0.4, -0.2) is 29.2 Å². The van der Waals surface area contributed by atoms with Crippen molar-refractivity contribution in [3.8, 4) is 0 Å². The average Bonchev–Trinajstić information content (AvgIpc) is 2.59. The van der Waals surface area contributed by atoms with Crippen molar-refractivity contribution in [3.63, 3.8) is 0 Å². The minimum absolute atomic E-state index is 0.328. The van der Waals surface area contributed by atoms with Gasteiger partial charge in [0.15, 0.2) is 0 Å². The van der Waals surface area contributed by atoms with Gasteiger partial charge in [0.1, 0.15) is 11.2 Å². The molecule has 0 saturated heterocycles. The number of hydrogen-bond donors (Lipinski definition) is 2. The first-order chi connectivity index (χ1) is 13.8. The van der Waals surface area contributed by atoms with Crippen molar-refractivity contribution in [3.05, 3.63) is 59.7 Å². The maximum atomic E-state index is 12.3. The number of ether oxygens (including phenoxy) is 2. The Balaban J connectivity index is 2.04. The van der Waals surface area contributed by atoms with Gasteiger partial charge >= 0.3 is 18.0 Å². The zero-order chi connectivity index (χ0) is 22.5. The van der Waals surface area contributed by atoms with Gasteiger partial charge < -0.3 is 20.1 Å². The van der Waals surface area contributed by atoms with Crippen molar-refractivity contribution in [2.45, 2.75) is 52.7 Å². The summed E-state index contributed by atoms with van der Waals surface area (Å²) in [6.45, 7) is 10.7. The smallest absolute Gasteiger partial charge is 0.338 e. The van der Waals surface area contributed by atoms with Crippen LogP contribution in [0, 0.1) is 0 Å². The largest absolute Gasteiger partial charge is 0.456 e. The Morgan fingerprint density at radius 1 is 0.667 bits per heavy atom. The van der Waals surface area contributed by atoms with Crippen molar-refractivity contribution < 1.29 is 23.9 Å². The Morgan fingerprint density at radius 3 is 1.37 bits per heavy atom. The van der Waals surface area contributed by atoms with Gasteiger partial charge in [-0.15, -0.1) is 0 Å². The Morgan fingerprint density at radius 2 is 1.03 bits per heavy atom. The van der Waals surface area contributed by atoms with E-state index in [1.54, 1.807) is 77.9 Å². The summed E-state index contributed by atoms with van der Waals surface area (Å²) >= 11 is 0. The van der Waals surface area contributed by atoms with E-state index < -0.39 is 29.2 Å². The third-order valence-electron chi connectivity index (χ3n) is 3.51. The summed E-state index contributed by atoms with van der Waals surface area (Å²) in [5, 5.41) is 5.32. The molecule has 7 nitrogen and oxygen atoms in total. The normalized spacial score (nSPS) is 11.4. The van der Waals surface area contributed by atoms with E-state index in [1.807, 2.05) is 0 Å². The van der Waals surface area contributed by atoms with E-state index in [2.05, 4.69) is 10.6 Å². The molecule has 2 N–H and O–H groups in total. The fraction of sp³-hybridized carbons (Fsp3) is 0.348. The van der Waals surface area contributed by atoms with Gasteiger partial charge in [0.2, 0.25) is 0 Å². The molecule has 30 heavy (non-hydrogen) atoms. The molecule has 0 saturated carbocycles. The van der Waals surface area contributed by atoms with Gasteiger partial charge in [0, 0.05) is 11.4 Å². The zero-order valence-electron chi connectivity index (χ0n) is 18.2. The Bertz CT molecular complexity index is 864. The van der Waals surface area contributed by atoms with Crippen LogP contribution in [0.2, 0.25) is 0 Å². The van der Waals surface area contributed by atoms with Crippen LogP contribution in [0.5, 0.6) is 0 Å². The number of carbonyl (C=O) groups is 3. The van der Waals surface area contributed by atoms with E-state index in [9.17, 15) is 14.4 Å². The van der Waals surface area contributed by atoms with E-state index in [0.717, 1.165) is 0 Å². The molecule has 160 valence electrons. The van der Waals surface area contributed by atoms with Crippen molar-refractivity contribution in [1.29, 1.82) is 0 Å². The van der Waals surface area contributed by atoms with Gasteiger partial charge in [-0.2, -0.15) is 0 Å². The molecule has 0 aromatic heterocycles. The fourth-order valence-corrected chi connectivity index (χ4v) is 2.42. The molecule has 0 radical (unpaired) electrons. The summed E-state index contributed by atoms with van der Waals surface area (Å²) in [5.41, 5.74) is 0.288. The van der Waals surface area contributed by atoms with E-state index in [1.165, 1.54) is 12.1 Å². The second kappa shape index (κ2) is 8.98. The van der Waals surface area contributed by atoms with Crippen molar-refractivity contribution >= 4 is 29.3 Å². The molecular weight excluding hydrogens is 384 g/mol. The monoisotopic (exact) mass is 412 g/mol. The molecule has 0 bridgehead atoms. The molecule has 2 aromatic carbocycles. The summed E-state index contributed by atoms with van der Waals surface area (Å²) in [4.78, 5) is 36.7. The van der Waals surface area contributed by atoms with Gasteiger partial charge in [0.25, 0.3) is 0 Å². The maximum Gasteiger partial charge on any atom is 0.338 e. The van der Waals surface area contributed by atoms with Gasteiger partial charge in [-0.1, -0.05) is 12.1 Å². The number of esters is 2. The van der Waals surface area contributed by atoms with Crippen LogP contribution >= 0.6 is 0 Å². The maximum absolute atomic E-state index is 12.3. The minimum atomic E-state index is -0.614. The van der Waals surface area contributed by atoms with Crippen LogP contribution in [0.4, 0.5) is 16.2 Å². The van der Waals surface area contributed by atoms with Gasteiger partial charge in [-0.25, -0.2) is 14.4 Å². The van der Waals surface area contributed by atoms with E-state index >= 15 is 0 Å². The lowest BCUT2D eigenvalue weighted by Crippen LogP contribution is -2.24. The van der Waals surface area contributed by atoms with Crippen molar-refractivity contribution in [1.82, 2.24) is 0 Å². The van der Waals surface area contributed by atoms with E-state index in [4.69, 9.17) is 9.47 Å². The van der Waals surface area contributed by atoms with Crippen LogP contribution < -0.4 is 10.6 Å². The topological polar surface area (TPSA) is 93.7 Å². The van der Waals surface area contributed by atoms with Crippen LogP contribution in [0.15, 0.2) is 48.5 Å². The second-order valence-corrected chi connectivity index (χ2v) is 8.74. The third-order valence-corrected chi connectivity index (χ3v) is 3.51. The number of hydrogen-bond acceptors (Lipinski definition) is 5. The number of rotatable bonds is 4. The predicted octanol–water partition coefficient (Wildman–Crippen LogP) is 5.24. The predicted molar refractivity (Wildman–Crippen MR) is 116 cm³/mol. The molecule has 2 amide bonds. The Kier molecular flexibility index (Phi) is 6.87. The molecule has 0 unspecified atom stereocenters. The SMILES string of the molecule is CC(C)(C)OC(=O)c1cccc(NC(=O)Nc2cccc(C(=O)OC(C)(C)C)c2)c1. The van der Waals surface area contributed by atoms with Crippen LogP contribution in [0.25, 0.3) is 0 Å². The zero-order valence-corrected chi connectivity index (χ0v) is 18.2. The summed E-state index contributed by atoms with van der Waals surface area (Å²) in [5.74, 6) is -0.951. The summed E-state index contributed by atoms with van der Waals surface area (Å²) in [6, 6.07) is 12.4. The van der Waals surface area contributed by atoms with Crippen LogP contribution in [0.3, 0.4) is 0 Å². The summed E-state index contributed by atoms with van der Waals surface area (Å²) < 4.78 is 10.7. The quantitative estimate of drug-likeness (QED) is 0.670. The lowest BCUT2D eigenvalue weighted by molar-refractivity contribution is 0.00571. The number of urea groups is 1. The number of anilines is 2. The number of benzene rings is 2. The van der Waals surface area contributed by atoms with E-state index in [0.29, 0.717) is 22.5 Å². The molecule has 2 aromatic rings. The highest BCUT2D eigenvalue weighted by atomic mass is 16.6. The average molecular weight is 412 g/mol. The third kappa shape index (κ3) is 7.58. The second-order valence-electron chi connectivity index (χ2n) is 8.74. The molecule has 0 fully saturated rings. The molecule has 7 heteroatoms. The molecule has 0 aliphatic heterocycles. The molecule has 0 aliphatic rings. The van der Waals surface area contributed by atoms with Crippen LogP contribution in [-0.2, 0) is 9.47 Å². The molecule has 0 atom stereocenters. The number of nitrogens with one attached hydrogen (secondary N) is 2. The Labute approximate surface area is 176 Å². The lowest BCUT2D eigenvalue weighted by atomic mass is 10.1. The molecular formula is C23H28N2O5. The lowest BCUT2D eigenvalue weighted by Gasteiger charge is -2.20. The number of carbonyl (C=O) groups excluding carboxylic acids is 3. The molecule has 2 rings (SSSR count). The first kappa shape index (κ1) is 22.9. The fourth-order valence-electron chi connectivity index (χ4n) is 2.42. The molecule has 0 spiro atoms. The van der Waals surface area contributed by atoms with E-state index in [-0.39, 0.29) is 0 Å². The first-order valence-corrected chi connectivity index (χ1v) is 9.57. The van der Waals surface area contributed by atoms with Gasteiger partial charge in [-0.3, -0.25) is 0 Å². The summed E-state index contributed by atoms with van der Waals surface area (Å²) in [7, 11) is 0.